The summed E-state index contributed by atoms with van der Waals surface area (Å²) in [6.07, 6.45) is 0. The van der Waals surface area contributed by atoms with E-state index in [0.29, 0.717) is 11.6 Å². The molecule has 0 saturated carbocycles. The Morgan fingerprint density at radius 3 is 2.67 bits per heavy atom. The third-order valence-corrected chi connectivity index (χ3v) is 4.28. The maximum Gasteiger partial charge on any atom is 0.124 e. The van der Waals surface area contributed by atoms with E-state index in [1.54, 1.807) is 6.07 Å². The van der Waals surface area contributed by atoms with Crippen molar-refractivity contribution in [2.75, 3.05) is 5.32 Å². The van der Waals surface area contributed by atoms with Gasteiger partial charge in [0, 0.05) is 25.3 Å². The van der Waals surface area contributed by atoms with E-state index in [9.17, 15) is 4.39 Å². The zero-order valence-corrected chi connectivity index (χ0v) is 13.7. The number of hydrogen-bond acceptors (Lipinski definition) is 1. The molecule has 0 fully saturated rings. The van der Waals surface area contributed by atoms with Crippen LogP contribution in [-0.2, 0) is 6.54 Å². The minimum atomic E-state index is -0.244. The van der Waals surface area contributed by atoms with E-state index >= 15 is 0 Å². The van der Waals surface area contributed by atoms with Gasteiger partial charge in [-0.25, -0.2) is 4.39 Å². The molecule has 0 radical (unpaired) electrons. The van der Waals surface area contributed by atoms with E-state index in [2.05, 4.69) is 43.8 Å². The molecule has 2 aromatic rings. The van der Waals surface area contributed by atoms with E-state index in [1.165, 1.54) is 12.1 Å². The zero-order chi connectivity index (χ0) is 13.1. The Balaban J connectivity index is 2.11. The van der Waals surface area contributed by atoms with Crippen LogP contribution in [0.5, 0.6) is 0 Å². The molecule has 94 valence electrons. The summed E-state index contributed by atoms with van der Waals surface area (Å²) in [6, 6.07) is 10.3. The molecule has 1 nitrogen and oxygen atoms in total. The molecule has 18 heavy (non-hydrogen) atoms. The summed E-state index contributed by atoms with van der Waals surface area (Å²) in [4.78, 5) is 0. The fourth-order valence-electron chi connectivity index (χ4n) is 1.49. The van der Waals surface area contributed by atoms with Gasteiger partial charge in [0.25, 0.3) is 0 Å². The van der Waals surface area contributed by atoms with Gasteiger partial charge in [-0.1, -0.05) is 33.6 Å². The van der Waals surface area contributed by atoms with Crippen molar-refractivity contribution in [2.24, 2.45) is 0 Å². The zero-order valence-electron chi connectivity index (χ0n) is 9.18. The number of nitrogens with one attached hydrogen (secondary N) is 1. The van der Waals surface area contributed by atoms with E-state index in [1.807, 2.05) is 18.2 Å². The molecule has 2 rings (SSSR count). The summed E-state index contributed by atoms with van der Waals surface area (Å²) in [5, 5.41) is 4.01. The minimum absolute atomic E-state index is 0.244. The minimum Gasteiger partial charge on any atom is -0.380 e. The highest BCUT2D eigenvalue weighted by atomic mass is 127. The van der Waals surface area contributed by atoms with Gasteiger partial charge in [-0.3, -0.25) is 0 Å². The van der Waals surface area contributed by atoms with Crippen LogP contribution in [-0.4, -0.2) is 0 Å². The van der Waals surface area contributed by atoms with Crippen LogP contribution in [0.15, 0.2) is 40.9 Å². The van der Waals surface area contributed by atoms with Crippen molar-refractivity contribution in [3.8, 4) is 0 Å². The lowest BCUT2D eigenvalue weighted by Gasteiger charge is -2.10. The Hall–Kier alpha value is -0.330. The predicted octanol–water partition coefficient (Wildman–Crippen LogP) is 5.46. The Morgan fingerprint density at radius 1 is 1.22 bits per heavy atom. The summed E-state index contributed by atoms with van der Waals surface area (Å²) >= 11 is 11.5. The molecule has 0 aliphatic rings. The van der Waals surface area contributed by atoms with E-state index in [0.717, 1.165) is 19.3 Å². The smallest absolute Gasteiger partial charge is 0.124 e. The number of halogens is 4. The standard InChI is InChI=1S/C13H9BrClFIN/c14-11-6-10(16)3-1-8(11)7-18-13-4-2-9(15)5-12(13)17/h1-6,18H,7H2. The van der Waals surface area contributed by atoms with Crippen LogP contribution in [0, 0.1) is 9.39 Å². The molecule has 0 bridgehead atoms. The number of benzene rings is 2. The average molecular weight is 440 g/mol. The summed E-state index contributed by atoms with van der Waals surface area (Å²) in [6.45, 7) is 0.624. The van der Waals surface area contributed by atoms with Crippen molar-refractivity contribution >= 4 is 55.8 Å². The van der Waals surface area contributed by atoms with Crippen LogP contribution in [0.3, 0.4) is 0 Å². The molecule has 0 amide bonds. The monoisotopic (exact) mass is 439 g/mol. The highest BCUT2D eigenvalue weighted by Crippen LogP contribution is 2.24. The second kappa shape index (κ2) is 6.21. The molecule has 1 N–H and O–H groups in total. The number of hydrogen-bond donors (Lipinski definition) is 1. The van der Waals surface area contributed by atoms with E-state index in [4.69, 9.17) is 11.6 Å². The van der Waals surface area contributed by atoms with Gasteiger partial charge in [-0.15, -0.1) is 0 Å². The first-order valence-corrected chi connectivity index (χ1v) is 7.44. The van der Waals surface area contributed by atoms with Gasteiger partial charge in [0.1, 0.15) is 5.82 Å². The second-order valence-corrected chi connectivity index (χ2v) is 6.17. The molecule has 2 aromatic carbocycles. The normalized spacial score (nSPS) is 10.4. The molecular weight excluding hydrogens is 431 g/mol. The third-order valence-electron chi connectivity index (χ3n) is 2.42. The van der Waals surface area contributed by atoms with Gasteiger partial charge in [-0.05, 0) is 58.5 Å². The number of rotatable bonds is 3. The van der Waals surface area contributed by atoms with Crippen molar-refractivity contribution in [1.82, 2.24) is 0 Å². The summed E-state index contributed by atoms with van der Waals surface area (Å²) < 4.78 is 14.8. The molecule has 0 aliphatic heterocycles. The molecule has 0 unspecified atom stereocenters. The van der Waals surface area contributed by atoms with Crippen LogP contribution >= 0.6 is 50.1 Å². The highest BCUT2D eigenvalue weighted by Gasteiger charge is 2.04. The molecule has 0 aliphatic carbocycles. The molecule has 0 saturated heterocycles. The highest BCUT2D eigenvalue weighted by molar-refractivity contribution is 14.1. The average Bonchev–Trinajstić information content (AvgIpc) is 2.30. The Morgan fingerprint density at radius 2 is 2.00 bits per heavy atom. The van der Waals surface area contributed by atoms with Crippen LogP contribution in [0.2, 0.25) is 5.02 Å². The Kier molecular flexibility index (Phi) is 4.86. The fourth-order valence-corrected chi connectivity index (χ4v) is 3.04. The Labute approximate surface area is 132 Å². The maximum absolute atomic E-state index is 13.0. The fraction of sp³-hybridized carbons (Fsp3) is 0.0769. The van der Waals surface area contributed by atoms with Crippen molar-refractivity contribution in [3.05, 3.63) is 60.8 Å². The van der Waals surface area contributed by atoms with Gasteiger partial charge in [0.05, 0.1) is 0 Å². The Bertz CT molecular complexity index is 525. The lowest BCUT2D eigenvalue weighted by Crippen LogP contribution is -2.01. The third kappa shape index (κ3) is 3.59. The molecule has 0 spiro atoms. The van der Waals surface area contributed by atoms with Crippen molar-refractivity contribution < 1.29 is 4.39 Å². The summed E-state index contributed by atoms with van der Waals surface area (Å²) in [5.74, 6) is -0.244. The van der Waals surface area contributed by atoms with Crippen molar-refractivity contribution in [2.45, 2.75) is 6.54 Å². The number of anilines is 1. The van der Waals surface area contributed by atoms with Gasteiger partial charge >= 0.3 is 0 Å². The first-order chi connectivity index (χ1) is 8.56. The predicted molar refractivity (Wildman–Crippen MR) is 85.6 cm³/mol. The first kappa shape index (κ1) is 14.1. The largest absolute Gasteiger partial charge is 0.380 e. The molecule has 0 atom stereocenters. The molecule has 0 heterocycles. The quantitative estimate of drug-likeness (QED) is 0.625. The lowest BCUT2D eigenvalue weighted by atomic mass is 10.2. The lowest BCUT2D eigenvalue weighted by molar-refractivity contribution is 0.626. The van der Waals surface area contributed by atoms with Crippen LogP contribution in [0.25, 0.3) is 0 Å². The molecule has 5 heteroatoms. The molecular formula is C13H9BrClFIN. The first-order valence-electron chi connectivity index (χ1n) is 5.19. The van der Waals surface area contributed by atoms with Gasteiger partial charge in [0.15, 0.2) is 0 Å². The summed E-state index contributed by atoms with van der Waals surface area (Å²) in [7, 11) is 0. The van der Waals surface area contributed by atoms with Crippen molar-refractivity contribution in [3.63, 3.8) is 0 Å². The SMILES string of the molecule is Fc1ccc(CNc2ccc(Cl)cc2I)c(Br)c1. The second-order valence-electron chi connectivity index (χ2n) is 3.71. The maximum atomic E-state index is 13.0. The van der Waals surface area contributed by atoms with E-state index < -0.39 is 0 Å². The van der Waals surface area contributed by atoms with Crippen LogP contribution in [0.4, 0.5) is 10.1 Å². The summed E-state index contributed by atoms with van der Waals surface area (Å²) in [5.41, 5.74) is 2.01. The van der Waals surface area contributed by atoms with Gasteiger partial charge in [0.2, 0.25) is 0 Å². The van der Waals surface area contributed by atoms with Gasteiger partial charge in [-0.2, -0.15) is 0 Å². The topological polar surface area (TPSA) is 12.0 Å². The van der Waals surface area contributed by atoms with E-state index in [-0.39, 0.29) is 5.82 Å². The van der Waals surface area contributed by atoms with Crippen LogP contribution in [0.1, 0.15) is 5.56 Å². The van der Waals surface area contributed by atoms with Crippen LogP contribution < -0.4 is 5.32 Å². The van der Waals surface area contributed by atoms with Gasteiger partial charge < -0.3 is 5.32 Å². The molecule has 0 aromatic heterocycles. The van der Waals surface area contributed by atoms with Crippen molar-refractivity contribution in [1.29, 1.82) is 0 Å².